The van der Waals surface area contributed by atoms with Gasteiger partial charge in [-0.05, 0) is 12.8 Å². The van der Waals surface area contributed by atoms with E-state index in [1.165, 1.54) is 44.9 Å². The van der Waals surface area contributed by atoms with Crippen molar-refractivity contribution in [1.29, 1.82) is 0 Å². The summed E-state index contributed by atoms with van der Waals surface area (Å²) >= 11 is 0. The molecule has 0 fully saturated rings. The first kappa shape index (κ1) is 13.9. The van der Waals surface area contributed by atoms with Crippen molar-refractivity contribution in [1.82, 2.24) is 5.48 Å². The van der Waals surface area contributed by atoms with Gasteiger partial charge in [0.25, 0.3) is 0 Å². The molecule has 0 aliphatic heterocycles. The van der Waals surface area contributed by atoms with Gasteiger partial charge >= 0.3 is 0 Å². The van der Waals surface area contributed by atoms with Gasteiger partial charge in [-0.1, -0.05) is 52.4 Å². The Hall–Kier alpha value is -0.0800. The molecule has 0 bridgehead atoms. The molecule has 1 N–H and O–H groups in total. The first-order valence-corrected chi connectivity index (χ1v) is 6.26. The van der Waals surface area contributed by atoms with E-state index >= 15 is 0 Å². The van der Waals surface area contributed by atoms with Crippen LogP contribution in [0.1, 0.15) is 65.2 Å². The fraction of sp³-hybridized carbons (Fsp3) is 1.00. The highest BCUT2D eigenvalue weighted by molar-refractivity contribution is 4.44. The minimum Gasteiger partial charge on any atom is -0.302 e. The van der Waals surface area contributed by atoms with Crippen molar-refractivity contribution in [2.24, 2.45) is 0 Å². The minimum atomic E-state index is 0.869. The van der Waals surface area contributed by atoms with Crippen LogP contribution in [0.5, 0.6) is 0 Å². The molecule has 2 nitrogen and oxygen atoms in total. The Labute approximate surface area is 89.4 Å². The lowest BCUT2D eigenvalue weighted by atomic mass is 10.1. The van der Waals surface area contributed by atoms with Crippen molar-refractivity contribution >= 4 is 0 Å². The lowest BCUT2D eigenvalue weighted by Crippen LogP contribution is -2.15. The van der Waals surface area contributed by atoms with Crippen molar-refractivity contribution in [2.75, 3.05) is 13.2 Å². The van der Waals surface area contributed by atoms with Crippen LogP contribution in [0.3, 0.4) is 0 Å². The predicted octanol–water partition coefficient (Wildman–Crippen LogP) is 3.67. The van der Waals surface area contributed by atoms with E-state index in [1.807, 2.05) is 0 Å². The van der Waals surface area contributed by atoms with Gasteiger partial charge in [-0.3, -0.25) is 0 Å². The maximum atomic E-state index is 5.25. The third-order valence-corrected chi connectivity index (χ3v) is 2.30. The fourth-order valence-electron chi connectivity index (χ4n) is 1.38. The maximum Gasteiger partial charge on any atom is 0.0682 e. The highest BCUT2D eigenvalue weighted by atomic mass is 16.6. The van der Waals surface area contributed by atoms with Crippen molar-refractivity contribution < 1.29 is 4.84 Å². The molecule has 0 saturated carbocycles. The Kier molecular flexibility index (Phi) is 12.8. The Morgan fingerprint density at radius 3 is 2.07 bits per heavy atom. The Balaban J connectivity index is 2.78. The van der Waals surface area contributed by atoms with E-state index in [4.69, 9.17) is 4.84 Å². The lowest BCUT2D eigenvalue weighted by Gasteiger charge is -2.04. The van der Waals surface area contributed by atoms with E-state index in [0.717, 1.165) is 19.6 Å². The number of hydrogen-bond donors (Lipinski definition) is 1. The monoisotopic (exact) mass is 201 g/mol. The highest BCUT2D eigenvalue weighted by Gasteiger charge is 1.91. The smallest absolute Gasteiger partial charge is 0.0682 e. The van der Waals surface area contributed by atoms with E-state index in [2.05, 4.69) is 19.3 Å². The van der Waals surface area contributed by atoms with Crippen molar-refractivity contribution in [3.63, 3.8) is 0 Å². The summed E-state index contributed by atoms with van der Waals surface area (Å²) in [5.41, 5.74) is 2.95. The van der Waals surface area contributed by atoms with Gasteiger partial charge in [0, 0.05) is 6.54 Å². The normalized spacial score (nSPS) is 10.7. The topological polar surface area (TPSA) is 21.3 Å². The molecular formula is C12H27NO. The molecule has 0 spiro atoms. The maximum absolute atomic E-state index is 5.25. The second-order valence-corrected chi connectivity index (χ2v) is 3.86. The van der Waals surface area contributed by atoms with Gasteiger partial charge < -0.3 is 4.84 Å². The van der Waals surface area contributed by atoms with Crippen LogP contribution < -0.4 is 5.48 Å². The summed E-state index contributed by atoms with van der Waals surface area (Å²) in [7, 11) is 0. The van der Waals surface area contributed by atoms with Gasteiger partial charge in [0.05, 0.1) is 6.61 Å². The van der Waals surface area contributed by atoms with Crippen LogP contribution in [0.25, 0.3) is 0 Å². The minimum absolute atomic E-state index is 0.869. The molecule has 0 radical (unpaired) electrons. The van der Waals surface area contributed by atoms with Gasteiger partial charge in [-0.15, -0.1) is 0 Å². The van der Waals surface area contributed by atoms with Crippen LogP contribution in [0.4, 0.5) is 0 Å². The summed E-state index contributed by atoms with van der Waals surface area (Å²) in [5, 5.41) is 0. The van der Waals surface area contributed by atoms with Gasteiger partial charge in [-0.2, -0.15) is 0 Å². The Morgan fingerprint density at radius 2 is 1.43 bits per heavy atom. The highest BCUT2D eigenvalue weighted by Crippen LogP contribution is 2.06. The van der Waals surface area contributed by atoms with Crippen LogP contribution >= 0.6 is 0 Å². The van der Waals surface area contributed by atoms with Gasteiger partial charge in [0.15, 0.2) is 0 Å². The number of nitrogens with one attached hydrogen (secondary N) is 1. The summed E-state index contributed by atoms with van der Waals surface area (Å²) in [6.07, 6.45) is 10.6. The van der Waals surface area contributed by atoms with E-state index in [1.54, 1.807) is 0 Å². The van der Waals surface area contributed by atoms with E-state index in [9.17, 15) is 0 Å². The van der Waals surface area contributed by atoms with Crippen molar-refractivity contribution in [3.8, 4) is 0 Å². The van der Waals surface area contributed by atoms with Crippen LogP contribution in [0, 0.1) is 0 Å². The Morgan fingerprint density at radius 1 is 0.786 bits per heavy atom. The number of hydrogen-bond acceptors (Lipinski definition) is 2. The SMILES string of the molecule is CCCCCCCCCONCCC. The van der Waals surface area contributed by atoms with Crippen molar-refractivity contribution in [2.45, 2.75) is 65.2 Å². The number of unbranched alkanes of at least 4 members (excludes halogenated alkanes) is 6. The van der Waals surface area contributed by atoms with Crippen LogP contribution in [0.2, 0.25) is 0 Å². The zero-order valence-electron chi connectivity index (χ0n) is 9.98. The Bertz CT molecular complexity index is 84.3. The van der Waals surface area contributed by atoms with Gasteiger partial charge in [0.1, 0.15) is 0 Å². The number of rotatable bonds is 11. The third kappa shape index (κ3) is 11.9. The lowest BCUT2D eigenvalue weighted by molar-refractivity contribution is 0.0387. The third-order valence-electron chi connectivity index (χ3n) is 2.30. The average molecular weight is 201 g/mol. The molecule has 14 heavy (non-hydrogen) atoms. The summed E-state index contributed by atoms with van der Waals surface area (Å²) in [6, 6.07) is 0. The van der Waals surface area contributed by atoms with Gasteiger partial charge in [-0.25, -0.2) is 5.48 Å². The second-order valence-electron chi connectivity index (χ2n) is 3.86. The zero-order chi connectivity index (χ0) is 10.5. The molecule has 0 aromatic rings. The molecule has 0 atom stereocenters. The summed E-state index contributed by atoms with van der Waals surface area (Å²) in [5.74, 6) is 0. The van der Waals surface area contributed by atoms with E-state index in [0.29, 0.717) is 0 Å². The molecule has 86 valence electrons. The molecule has 0 aliphatic carbocycles. The summed E-state index contributed by atoms with van der Waals surface area (Å²) in [6.45, 7) is 6.24. The predicted molar refractivity (Wildman–Crippen MR) is 62.2 cm³/mol. The molecule has 0 heterocycles. The zero-order valence-corrected chi connectivity index (χ0v) is 9.98. The summed E-state index contributed by atoms with van der Waals surface area (Å²) in [4.78, 5) is 5.25. The number of hydroxylamine groups is 1. The van der Waals surface area contributed by atoms with Crippen LogP contribution in [-0.2, 0) is 4.84 Å². The van der Waals surface area contributed by atoms with E-state index in [-0.39, 0.29) is 0 Å². The molecule has 2 heteroatoms. The standard InChI is InChI=1S/C12H27NO/c1-3-5-6-7-8-9-10-12-14-13-11-4-2/h13H,3-12H2,1-2H3. The summed E-state index contributed by atoms with van der Waals surface area (Å²) < 4.78 is 0. The largest absolute Gasteiger partial charge is 0.302 e. The van der Waals surface area contributed by atoms with E-state index < -0.39 is 0 Å². The van der Waals surface area contributed by atoms with Crippen LogP contribution in [0.15, 0.2) is 0 Å². The first-order chi connectivity index (χ1) is 6.91. The molecule has 0 aliphatic rings. The average Bonchev–Trinajstić information content (AvgIpc) is 2.21. The molecule has 0 unspecified atom stereocenters. The molecule has 0 rings (SSSR count). The van der Waals surface area contributed by atoms with Crippen molar-refractivity contribution in [3.05, 3.63) is 0 Å². The quantitative estimate of drug-likeness (QED) is 0.407. The molecule has 0 aromatic carbocycles. The fourth-order valence-corrected chi connectivity index (χ4v) is 1.38. The molecule has 0 aromatic heterocycles. The molecule has 0 saturated heterocycles. The van der Waals surface area contributed by atoms with Crippen LogP contribution in [-0.4, -0.2) is 13.2 Å². The van der Waals surface area contributed by atoms with Gasteiger partial charge in [0.2, 0.25) is 0 Å². The second kappa shape index (κ2) is 12.9. The molecule has 0 amide bonds. The molecular weight excluding hydrogens is 174 g/mol. The first-order valence-electron chi connectivity index (χ1n) is 6.26.